The first-order valence-corrected chi connectivity index (χ1v) is 5.66. The molecule has 0 unspecified atom stereocenters. The highest BCUT2D eigenvalue weighted by Crippen LogP contribution is 2.10. The first kappa shape index (κ1) is 13.2. The number of carbonyl (C=O) groups excluding carboxylic acids is 1. The lowest BCUT2D eigenvalue weighted by molar-refractivity contribution is -0.120. The van der Waals surface area contributed by atoms with Gasteiger partial charge >= 0.3 is 0 Å². The number of carbonyl (C=O) groups is 1. The SMILES string of the molecule is CC(C)(C)CNC(=O)Cc1ccc(C#N)cc1. The zero-order valence-corrected chi connectivity index (χ0v) is 10.6. The molecule has 0 heterocycles. The Morgan fingerprint density at radius 1 is 1.29 bits per heavy atom. The van der Waals surface area contributed by atoms with Crippen molar-refractivity contribution in [1.29, 1.82) is 5.26 Å². The van der Waals surface area contributed by atoms with Crippen LogP contribution >= 0.6 is 0 Å². The zero-order valence-electron chi connectivity index (χ0n) is 10.6. The van der Waals surface area contributed by atoms with Gasteiger partial charge in [-0.25, -0.2) is 0 Å². The van der Waals surface area contributed by atoms with Crippen molar-refractivity contribution in [2.75, 3.05) is 6.54 Å². The van der Waals surface area contributed by atoms with Gasteiger partial charge in [0.1, 0.15) is 0 Å². The minimum Gasteiger partial charge on any atom is -0.355 e. The van der Waals surface area contributed by atoms with Crippen LogP contribution in [0.25, 0.3) is 0 Å². The lowest BCUT2D eigenvalue weighted by atomic mass is 9.97. The van der Waals surface area contributed by atoms with Gasteiger partial charge in [-0.1, -0.05) is 32.9 Å². The van der Waals surface area contributed by atoms with Crippen molar-refractivity contribution >= 4 is 5.91 Å². The van der Waals surface area contributed by atoms with Gasteiger partial charge in [-0.3, -0.25) is 4.79 Å². The molecule has 0 spiro atoms. The summed E-state index contributed by atoms with van der Waals surface area (Å²) in [5.74, 6) is 0.0182. The summed E-state index contributed by atoms with van der Waals surface area (Å²) in [6, 6.07) is 9.14. The Labute approximate surface area is 102 Å². The molecule has 90 valence electrons. The second kappa shape index (κ2) is 5.49. The molecule has 0 radical (unpaired) electrons. The van der Waals surface area contributed by atoms with Crippen LogP contribution in [0.5, 0.6) is 0 Å². The number of nitrogens with zero attached hydrogens (tertiary/aromatic N) is 1. The van der Waals surface area contributed by atoms with Gasteiger partial charge in [-0.15, -0.1) is 0 Å². The normalized spacial score (nSPS) is 10.7. The van der Waals surface area contributed by atoms with Crippen molar-refractivity contribution in [3.05, 3.63) is 35.4 Å². The Bertz CT molecular complexity index is 421. The average Bonchev–Trinajstić information content (AvgIpc) is 2.27. The first-order valence-electron chi connectivity index (χ1n) is 5.66. The van der Waals surface area contributed by atoms with E-state index in [0.717, 1.165) is 5.56 Å². The summed E-state index contributed by atoms with van der Waals surface area (Å²) < 4.78 is 0. The van der Waals surface area contributed by atoms with E-state index in [4.69, 9.17) is 5.26 Å². The van der Waals surface area contributed by atoms with Crippen LogP contribution in [0.2, 0.25) is 0 Å². The Hall–Kier alpha value is -1.82. The van der Waals surface area contributed by atoms with E-state index in [1.54, 1.807) is 12.1 Å². The fourth-order valence-electron chi connectivity index (χ4n) is 1.31. The minimum atomic E-state index is 0.0182. The average molecular weight is 230 g/mol. The predicted molar refractivity (Wildman–Crippen MR) is 67.3 cm³/mol. The number of hydrogen-bond acceptors (Lipinski definition) is 2. The predicted octanol–water partition coefficient (Wildman–Crippen LogP) is 2.26. The van der Waals surface area contributed by atoms with E-state index in [0.29, 0.717) is 18.5 Å². The molecule has 1 aromatic carbocycles. The summed E-state index contributed by atoms with van der Waals surface area (Å²) in [4.78, 5) is 11.6. The monoisotopic (exact) mass is 230 g/mol. The summed E-state index contributed by atoms with van der Waals surface area (Å²) in [5, 5.41) is 11.6. The lowest BCUT2D eigenvalue weighted by Gasteiger charge is -2.18. The van der Waals surface area contributed by atoms with Gasteiger partial charge in [0.25, 0.3) is 0 Å². The van der Waals surface area contributed by atoms with E-state index in [9.17, 15) is 4.79 Å². The van der Waals surface area contributed by atoms with Crippen LogP contribution < -0.4 is 5.32 Å². The molecule has 1 amide bonds. The molecule has 1 rings (SSSR count). The summed E-state index contributed by atoms with van der Waals surface area (Å²) in [6.07, 6.45) is 0.363. The van der Waals surface area contributed by atoms with E-state index in [1.807, 2.05) is 12.1 Å². The van der Waals surface area contributed by atoms with Crippen LogP contribution in [0.4, 0.5) is 0 Å². The highest BCUT2D eigenvalue weighted by atomic mass is 16.1. The van der Waals surface area contributed by atoms with Crippen LogP contribution in [0.15, 0.2) is 24.3 Å². The molecule has 0 aliphatic rings. The highest BCUT2D eigenvalue weighted by molar-refractivity contribution is 5.78. The smallest absolute Gasteiger partial charge is 0.224 e. The number of nitrogens with one attached hydrogen (secondary N) is 1. The fourth-order valence-corrected chi connectivity index (χ4v) is 1.31. The number of benzene rings is 1. The van der Waals surface area contributed by atoms with Crippen LogP contribution in [0.3, 0.4) is 0 Å². The molecular weight excluding hydrogens is 212 g/mol. The summed E-state index contributed by atoms with van der Waals surface area (Å²) in [5.41, 5.74) is 1.64. The molecule has 0 bridgehead atoms. The van der Waals surface area contributed by atoms with Crippen LogP contribution in [0, 0.1) is 16.7 Å². The molecule has 1 N–H and O–H groups in total. The molecule has 0 atom stereocenters. The van der Waals surface area contributed by atoms with E-state index in [2.05, 4.69) is 32.2 Å². The first-order chi connectivity index (χ1) is 7.90. The summed E-state index contributed by atoms with van der Waals surface area (Å²) >= 11 is 0. The van der Waals surface area contributed by atoms with Gasteiger partial charge in [-0.2, -0.15) is 5.26 Å². The van der Waals surface area contributed by atoms with Gasteiger partial charge in [0.15, 0.2) is 0 Å². The Morgan fingerprint density at radius 2 is 1.88 bits per heavy atom. The second-order valence-electron chi connectivity index (χ2n) is 5.32. The van der Waals surface area contributed by atoms with E-state index < -0.39 is 0 Å². The minimum absolute atomic E-state index is 0.0182. The Morgan fingerprint density at radius 3 is 2.35 bits per heavy atom. The molecule has 1 aromatic rings. The molecule has 0 fully saturated rings. The third-order valence-corrected chi connectivity index (χ3v) is 2.26. The molecule has 0 aliphatic carbocycles. The zero-order chi connectivity index (χ0) is 12.9. The maximum Gasteiger partial charge on any atom is 0.224 e. The van der Waals surface area contributed by atoms with E-state index in [-0.39, 0.29) is 11.3 Å². The van der Waals surface area contributed by atoms with Gasteiger partial charge in [-0.05, 0) is 23.1 Å². The summed E-state index contributed by atoms with van der Waals surface area (Å²) in [7, 11) is 0. The molecule has 0 aliphatic heterocycles. The molecule has 3 heteroatoms. The van der Waals surface area contributed by atoms with Crippen LogP contribution in [-0.4, -0.2) is 12.5 Å². The standard InChI is InChI=1S/C14H18N2O/c1-14(2,3)10-16-13(17)8-11-4-6-12(9-15)7-5-11/h4-7H,8,10H2,1-3H3,(H,16,17). The lowest BCUT2D eigenvalue weighted by Crippen LogP contribution is -2.33. The molecule has 3 nitrogen and oxygen atoms in total. The van der Waals surface area contributed by atoms with Crippen molar-refractivity contribution in [3.63, 3.8) is 0 Å². The highest BCUT2D eigenvalue weighted by Gasteiger charge is 2.11. The van der Waals surface area contributed by atoms with Gasteiger partial charge in [0.05, 0.1) is 18.1 Å². The number of rotatable bonds is 3. The quantitative estimate of drug-likeness (QED) is 0.866. The topological polar surface area (TPSA) is 52.9 Å². The number of amides is 1. The van der Waals surface area contributed by atoms with Crippen molar-refractivity contribution in [2.24, 2.45) is 5.41 Å². The van der Waals surface area contributed by atoms with Crippen LogP contribution in [-0.2, 0) is 11.2 Å². The third kappa shape index (κ3) is 5.17. The largest absolute Gasteiger partial charge is 0.355 e. The van der Waals surface area contributed by atoms with Gasteiger partial charge < -0.3 is 5.32 Å². The second-order valence-corrected chi connectivity index (χ2v) is 5.32. The maximum absolute atomic E-state index is 11.6. The molecule has 0 saturated heterocycles. The Kier molecular flexibility index (Phi) is 4.28. The van der Waals surface area contributed by atoms with Gasteiger partial charge in [0, 0.05) is 6.54 Å². The van der Waals surface area contributed by atoms with Gasteiger partial charge in [0.2, 0.25) is 5.91 Å². The Balaban J connectivity index is 2.48. The van der Waals surface area contributed by atoms with Crippen molar-refractivity contribution in [1.82, 2.24) is 5.32 Å². The molecular formula is C14H18N2O. The van der Waals surface area contributed by atoms with E-state index >= 15 is 0 Å². The van der Waals surface area contributed by atoms with E-state index in [1.165, 1.54) is 0 Å². The number of nitriles is 1. The fraction of sp³-hybridized carbons (Fsp3) is 0.429. The van der Waals surface area contributed by atoms with Crippen LogP contribution in [0.1, 0.15) is 31.9 Å². The van der Waals surface area contributed by atoms with Crippen molar-refractivity contribution in [3.8, 4) is 6.07 Å². The van der Waals surface area contributed by atoms with Crippen molar-refractivity contribution in [2.45, 2.75) is 27.2 Å². The third-order valence-electron chi connectivity index (χ3n) is 2.26. The molecule has 0 saturated carbocycles. The maximum atomic E-state index is 11.6. The molecule has 0 aromatic heterocycles. The number of hydrogen-bond donors (Lipinski definition) is 1. The van der Waals surface area contributed by atoms with Crippen molar-refractivity contribution < 1.29 is 4.79 Å². The molecule has 17 heavy (non-hydrogen) atoms. The summed E-state index contributed by atoms with van der Waals surface area (Å²) in [6.45, 7) is 6.90.